The Morgan fingerprint density at radius 1 is 1.27 bits per heavy atom. The summed E-state index contributed by atoms with van der Waals surface area (Å²) in [5, 5.41) is 0. The van der Waals surface area contributed by atoms with Crippen molar-refractivity contribution in [3.63, 3.8) is 0 Å². The van der Waals surface area contributed by atoms with Crippen molar-refractivity contribution in [3.05, 3.63) is 35.9 Å². The first-order valence-electron chi connectivity index (χ1n) is 8.62. The fourth-order valence-corrected chi connectivity index (χ4v) is 4.27. The van der Waals surface area contributed by atoms with E-state index >= 15 is 0 Å². The maximum atomic E-state index is 13.1. The van der Waals surface area contributed by atoms with Crippen LogP contribution in [0.1, 0.15) is 51.0 Å². The summed E-state index contributed by atoms with van der Waals surface area (Å²) in [7, 11) is 0. The highest BCUT2D eigenvalue weighted by atomic mass is 16.2. The lowest BCUT2D eigenvalue weighted by Crippen LogP contribution is -2.48. The van der Waals surface area contributed by atoms with E-state index in [9.17, 15) is 4.79 Å². The highest BCUT2D eigenvalue weighted by molar-refractivity contribution is 5.84. The van der Waals surface area contributed by atoms with Gasteiger partial charge >= 0.3 is 0 Å². The first kappa shape index (κ1) is 15.5. The molecule has 1 saturated carbocycles. The normalized spacial score (nSPS) is 27.0. The molecule has 1 aliphatic heterocycles. The van der Waals surface area contributed by atoms with Crippen molar-refractivity contribution in [2.75, 3.05) is 13.1 Å². The number of hydrogen-bond acceptors (Lipinski definition) is 2. The molecule has 3 rings (SSSR count). The van der Waals surface area contributed by atoms with Crippen LogP contribution in [0.3, 0.4) is 0 Å². The van der Waals surface area contributed by atoms with Gasteiger partial charge in [-0.1, -0.05) is 50.6 Å². The van der Waals surface area contributed by atoms with Crippen LogP contribution in [0.25, 0.3) is 0 Å². The molecule has 1 saturated heterocycles. The Bertz CT molecular complexity index is 521. The van der Waals surface area contributed by atoms with Crippen LogP contribution in [0.5, 0.6) is 0 Å². The van der Waals surface area contributed by atoms with Crippen molar-refractivity contribution in [1.29, 1.82) is 0 Å². The summed E-state index contributed by atoms with van der Waals surface area (Å²) in [6, 6.07) is 10.5. The van der Waals surface area contributed by atoms with E-state index in [2.05, 4.69) is 38.1 Å². The zero-order valence-corrected chi connectivity index (χ0v) is 13.8. The van der Waals surface area contributed by atoms with Crippen LogP contribution in [0.2, 0.25) is 0 Å². The van der Waals surface area contributed by atoms with E-state index in [-0.39, 0.29) is 17.4 Å². The zero-order chi connectivity index (χ0) is 15.7. The minimum absolute atomic E-state index is 0.0579. The predicted molar refractivity (Wildman–Crippen MR) is 89.5 cm³/mol. The van der Waals surface area contributed by atoms with Crippen molar-refractivity contribution in [2.24, 2.45) is 17.1 Å². The number of nitrogens with zero attached hydrogens (tertiary/aromatic N) is 1. The summed E-state index contributed by atoms with van der Waals surface area (Å²) < 4.78 is 0. The third kappa shape index (κ3) is 2.79. The first-order chi connectivity index (χ1) is 10.5. The molecule has 0 spiro atoms. The van der Waals surface area contributed by atoms with E-state index in [1.807, 2.05) is 11.0 Å². The van der Waals surface area contributed by atoms with Gasteiger partial charge in [0.2, 0.25) is 5.91 Å². The maximum Gasteiger partial charge on any atom is 0.228 e. The van der Waals surface area contributed by atoms with Crippen LogP contribution in [-0.2, 0) is 4.79 Å². The second kappa shape index (κ2) is 6.04. The summed E-state index contributed by atoms with van der Waals surface area (Å²) in [5.41, 5.74) is 7.53. The van der Waals surface area contributed by atoms with Gasteiger partial charge in [0.15, 0.2) is 0 Å². The van der Waals surface area contributed by atoms with Crippen molar-refractivity contribution in [3.8, 4) is 0 Å². The molecule has 0 bridgehead atoms. The van der Waals surface area contributed by atoms with E-state index < -0.39 is 0 Å². The number of rotatable bonds is 4. The summed E-state index contributed by atoms with van der Waals surface area (Å²) in [6.45, 7) is 5.92. The SMILES string of the molecule is CC(C)CC1(C(=O)N2C[C@@H](N)[C@H](c3ccccc3)C2)CCC1. The van der Waals surface area contributed by atoms with Crippen molar-refractivity contribution in [2.45, 2.75) is 51.5 Å². The molecule has 2 aliphatic rings. The van der Waals surface area contributed by atoms with Gasteiger partial charge in [0, 0.05) is 30.5 Å². The average Bonchev–Trinajstić information content (AvgIpc) is 2.85. The van der Waals surface area contributed by atoms with E-state index in [0.717, 1.165) is 25.8 Å². The fraction of sp³-hybridized carbons (Fsp3) is 0.632. The number of carbonyl (C=O) groups is 1. The Balaban J connectivity index is 1.72. The molecule has 3 heteroatoms. The van der Waals surface area contributed by atoms with Crippen molar-refractivity contribution in [1.82, 2.24) is 4.90 Å². The molecular weight excluding hydrogens is 272 g/mol. The lowest BCUT2D eigenvalue weighted by atomic mass is 9.63. The molecule has 1 aliphatic carbocycles. The Morgan fingerprint density at radius 3 is 2.50 bits per heavy atom. The van der Waals surface area contributed by atoms with Gasteiger partial charge in [0.25, 0.3) is 0 Å². The zero-order valence-electron chi connectivity index (χ0n) is 13.8. The van der Waals surface area contributed by atoms with E-state index in [1.54, 1.807) is 0 Å². The molecule has 22 heavy (non-hydrogen) atoms. The topological polar surface area (TPSA) is 46.3 Å². The molecule has 0 unspecified atom stereocenters. The minimum Gasteiger partial charge on any atom is -0.340 e. The Kier molecular flexibility index (Phi) is 4.26. The Hall–Kier alpha value is -1.35. The molecular formula is C19H28N2O. The quantitative estimate of drug-likeness (QED) is 0.928. The third-order valence-electron chi connectivity index (χ3n) is 5.44. The largest absolute Gasteiger partial charge is 0.340 e. The highest BCUT2D eigenvalue weighted by Gasteiger charge is 2.48. The van der Waals surface area contributed by atoms with Gasteiger partial charge in [-0.25, -0.2) is 0 Å². The summed E-state index contributed by atoms with van der Waals surface area (Å²) in [5.74, 6) is 1.22. The van der Waals surface area contributed by atoms with Gasteiger partial charge in [-0.2, -0.15) is 0 Å². The first-order valence-corrected chi connectivity index (χ1v) is 8.62. The summed E-state index contributed by atoms with van der Waals surface area (Å²) >= 11 is 0. The molecule has 1 aromatic carbocycles. The molecule has 2 N–H and O–H groups in total. The molecule has 1 amide bonds. The van der Waals surface area contributed by atoms with Gasteiger partial charge in [-0.15, -0.1) is 0 Å². The van der Waals surface area contributed by atoms with Gasteiger partial charge in [0.1, 0.15) is 0 Å². The molecule has 1 heterocycles. The van der Waals surface area contributed by atoms with E-state index in [0.29, 0.717) is 18.4 Å². The van der Waals surface area contributed by atoms with Crippen molar-refractivity contribution >= 4 is 5.91 Å². The van der Waals surface area contributed by atoms with Crippen LogP contribution >= 0.6 is 0 Å². The van der Waals surface area contributed by atoms with Crippen LogP contribution in [-0.4, -0.2) is 29.9 Å². The second-order valence-electron chi connectivity index (χ2n) is 7.62. The Morgan fingerprint density at radius 2 is 1.95 bits per heavy atom. The number of carbonyl (C=O) groups excluding carboxylic acids is 1. The monoisotopic (exact) mass is 300 g/mol. The minimum atomic E-state index is -0.0839. The molecule has 1 aromatic rings. The fourth-order valence-electron chi connectivity index (χ4n) is 4.27. The van der Waals surface area contributed by atoms with Crippen molar-refractivity contribution < 1.29 is 4.79 Å². The van der Waals surface area contributed by atoms with Crippen LogP contribution in [0.15, 0.2) is 30.3 Å². The number of benzene rings is 1. The van der Waals surface area contributed by atoms with Gasteiger partial charge in [-0.3, -0.25) is 4.79 Å². The number of likely N-dealkylation sites (tertiary alicyclic amines) is 1. The predicted octanol–water partition coefficient (Wildman–Crippen LogP) is 3.16. The van der Waals surface area contributed by atoms with E-state index in [4.69, 9.17) is 5.73 Å². The molecule has 0 aromatic heterocycles. The van der Waals surface area contributed by atoms with Crippen LogP contribution < -0.4 is 5.73 Å². The van der Waals surface area contributed by atoms with Crippen LogP contribution in [0, 0.1) is 11.3 Å². The number of amides is 1. The molecule has 0 radical (unpaired) electrons. The summed E-state index contributed by atoms with van der Waals surface area (Å²) in [6.07, 6.45) is 4.34. The van der Waals surface area contributed by atoms with Crippen LogP contribution in [0.4, 0.5) is 0 Å². The lowest BCUT2D eigenvalue weighted by molar-refractivity contribution is -0.147. The molecule has 2 atom stereocenters. The van der Waals surface area contributed by atoms with Gasteiger partial charge < -0.3 is 10.6 Å². The van der Waals surface area contributed by atoms with Gasteiger partial charge in [0.05, 0.1) is 0 Å². The maximum absolute atomic E-state index is 13.1. The number of nitrogens with two attached hydrogens (primary N) is 1. The van der Waals surface area contributed by atoms with Gasteiger partial charge in [-0.05, 0) is 30.7 Å². The Labute approximate surface area is 133 Å². The summed E-state index contributed by atoms with van der Waals surface area (Å²) in [4.78, 5) is 15.1. The average molecular weight is 300 g/mol. The molecule has 3 nitrogen and oxygen atoms in total. The number of hydrogen-bond donors (Lipinski definition) is 1. The van der Waals surface area contributed by atoms with E-state index in [1.165, 1.54) is 12.0 Å². The smallest absolute Gasteiger partial charge is 0.228 e. The standard InChI is InChI=1S/C19H28N2O/c1-14(2)11-19(9-6-10-19)18(22)21-12-16(17(20)13-21)15-7-4-3-5-8-15/h3-5,7-8,14,16-17H,6,9-13,20H2,1-2H3/t16-,17+/m0/s1. The second-order valence-corrected chi connectivity index (χ2v) is 7.62. The molecule has 120 valence electrons. The third-order valence-corrected chi connectivity index (χ3v) is 5.44. The highest BCUT2D eigenvalue weighted by Crippen LogP contribution is 2.48. The molecule has 2 fully saturated rings. The lowest BCUT2D eigenvalue weighted by Gasteiger charge is -2.44.